The van der Waals surface area contributed by atoms with Gasteiger partial charge in [-0.25, -0.2) is 13.2 Å². The molecule has 0 aliphatic carbocycles. The maximum atomic E-state index is 12.1. The normalized spacial score (nSPS) is 11.2. The van der Waals surface area contributed by atoms with Crippen molar-refractivity contribution < 1.29 is 17.9 Å². The Labute approximate surface area is 139 Å². The summed E-state index contributed by atoms with van der Waals surface area (Å²) in [5, 5.41) is 0. The van der Waals surface area contributed by atoms with Gasteiger partial charge in [0.25, 0.3) is 0 Å². The predicted molar refractivity (Wildman–Crippen MR) is 93.2 cm³/mol. The summed E-state index contributed by atoms with van der Waals surface area (Å²) in [7, 11) is -2.18. The van der Waals surface area contributed by atoms with Crippen molar-refractivity contribution in [1.29, 1.82) is 0 Å². The first-order valence-electron chi connectivity index (χ1n) is 8.18. The lowest BCUT2D eigenvalue weighted by Gasteiger charge is -2.11. The molecule has 1 rings (SSSR count). The van der Waals surface area contributed by atoms with Gasteiger partial charge in [-0.1, -0.05) is 57.6 Å². The monoisotopic (exact) mass is 341 g/mol. The number of nitrogens with one attached hydrogen (secondary N) is 1. The fourth-order valence-corrected chi connectivity index (χ4v) is 3.53. The van der Waals surface area contributed by atoms with Crippen molar-refractivity contribution in [3.63, 3.8) is 0 Å². The van der Waals surface area contributed by atoms with Gasteiger partial charge in [0, 0.05) is 0 Å². The van der Waals surface area contributed by atoms with Crippen LogP contribution in [0.25, 0.3) is 0 Å². The fraction of sp³-hybridized carbons (Fsp3) is 0.588. The van der Waals surface area contributed by atoms with E-state index < -0.39 is 16.0 Å². The number of carbonyl (C=O) groups excluding carboxylic acids is 1. The van der Waals surface area contributed by atoms with Crippen molar-refractivity contribution in [2.24, 2.45) is 0 Å². The highest BCUT2D eigenvalue weighted by Crippen LogP contribution is 2.18. The number of esters is 1. The van der Waals surface area contributed by atoms with E-state index in [-0.39, 0.29) is 17.0 Å². The number of anilines is 1. The maximum absolute atomic E-state index is 12.1. The van der Waals surface area contributed by atoms with Gasteiger partial charge in [-0.2, -0.15) is 0 Å². The number of ether oxygens (including phenoxy) is 1. The van der Waals surface area contributed by atoms with Gasteiger partial charge >= 0.3 is 5.97 Å². The minimum atomic E-state index is -3.45. The quantitative estimate of drug-likeness (QED) is 0.488. The highest BCUT2D eigenvalue weighted by Gasteiger charge is 2.16. The van der Waals surface area contributed by atoms with Crippen LogP contribution in [0.1, 0.15) is 62.2 Å². The standard InChI is InChI=1S/C17H27NO4S/c1-3-4-5-6-7-8-11-14-23(20,21)18-16-13-10-9-12-15(16)17(19)22-2/h9-10,12-13,18H,3-8,11,14H2,1-2H3. The highest BCUT2D eigenvalue weighted by atomic mass is 32.2. The van der Waals surface area contributed by atoms with Gasteiger partial charge in [-0.15, -0.1) is 0 Å². The lowest BCUT2D eigenvalue weighted by Crippen LogP contribution is -2.19. The lowest BCUT2D eigenvalue weighted by molar-refractivity contribution is 0.0602. The molecule has 0 heterocycles. The molecule has 0 aliphatic rings. The van der Waals surface area contributed by atoms with Crippen LogP contribution >= 0.6 is 0 Å². The largest absolute Gasteiger partial charge is 0.465 e. The number of sulfonamides is 1. The highest BCUT2D eigenvalue weighted by molar-refractivity contribution is 7.92. The third-order valence-electron chi connectivity index (χ3n) is 3.61. The lowest BCUT2D eigenvalue weighted by atomic mass is 10.1. The molecule has 5 nitrogen and oxygen atoms in total. The molecule has 1 aromatic rings. The number of carbonyl (C=O) groups is 1. The molecule has 130 valence electrons. The molecular weight excluding hydrogens is 314 g/mol. The average molecular weight is 341 g/mol. The second-order valence-corrected chi connectivity index (χ2v) is 7.42. The molecule has 0 radical (unpaired) electrons. The number of methoxy groups -OCH3 is 1. The van der Waals surface area contributed by atoms with Crippen LogP contribution in [0.15, 0.2) is 24.3 Å². The van der Waals surface area contributed by atoms with E-state index >= 15 is 0 Å². The Kier molecular flexibility index (Phi) is 8.69. The van der Waals surface area contributed by atoms with Crippen molar-refractivity contribution in [3.8, 4) is 0 Å². The molecule has 1 N–H and O–H groups in total. The van der Waals surface area contributed by atoms with Crippen LogP contribution in [0.5, 0.6) is 0 Å². The van der Waals surface area contributed by atoms with E-state index in [2.05, 4.69) is 16.4 Å². The first-order valence-corrected chi connectivity index (χ1v) is 9.83. The summed E-state index contributed by atoms with van der Waals surface area (Å²) in [5.74, 6) is -0.491. The second kappa shape index (κ2) is 10.3. The summed E-state index contributed by atoms with van der Waals surface area (Å²) in [5.41, 5.74) is 0.487. The Morgan fingerprint density at radius 3 is 2.30 bits per heavy atom. The summed E-state index contributed by atoms with van der Waals surface area (Å²) >= 11 is 0. The smallest absolute Gasteiger partial charge is 0.339 e. The molecule has 0 unspecified atom stereocenters. The third-order valence-corrected chi connectivity index (χ3v) is 4.97. The van der Waals surface area contributed by atoms with Crippen molar-refractivity contribution >= 4 is 21.7 Å². The zero-order chi connectivity index (χ0) is 17.1. The Morgan fingerprint density at radius 1 is 1.04 bits per heavy atom. The molecule has 0 fully saturated rings. The Hall–Kier alpha value is -1.56. The van der Waals surface area contributed by atoms with E-state index in [1.54, 1.807) is 18.2 Å². The first kappa shape index (κ1) is 19.5. The summed E-state index contributed by atoms with van der Waals surface area (Å²) in [6.45, 7) is 2.17. The van der Waals surface area contributed by atoms with Crippen LogP contribution in [0, 0.1) is 0 Å². The van der Waals surface area contributed by atoms with Gasteiger partial charge in [0.05, 0.1) is 24.1 Å². The third kappa shape index (κ3) is 7.50. The maximum Gasteiger partial charge on any atom is 0.339 e. The first-order chi connectivity index (χ1) is 11.0. The van der Waals surface area contributed by atoms with Crippen molar-refractivity contribution in [1.82, 2.24) is 0 Å². The molecule has 0 aliphatic heterocycles. The van der Waals surface area contributed by atoms with E-state index in [4.69, 9.17) is 0 Å². The van der Waals surface area contributed by atoms with Gasteiger partial charge in [0.2, 0.25) is 10.0 Å². The van der Waals surface area contributed by atoms with Crippen LogP contribution in [-0.4, -0.2) is 27.2 Å². The van der Waals surface area contributed by atoms with Gasteiger partial charge in [0.15, 0.2) is 0 Å². The van der Waals surface area contributed by atoms with Crippen LogP contribution in [-0.2, 0) is 14.8 Å². The summed E-state index contributed by atoms with van der Waals surface area (Å²) in [6.07, 6.45) is 7.42. The minimum Gasteiger partial charge on any atom is -0.465 e. The molecule has 1 aromatic carbocycles. The number of para-hydroxylation sites is 1. The molecule has 0 saturated heterocycles. The van der Waals surface area contributed by atoms with Crippen LogP contribution < -0.4 is 4.72 Å². The summed E-state index contributed by atoms with van der Waals surface area (Å²) < 4.78 is 31.4. The van der Waals surface area contributed by atoms with Crippen molar-refractivity contribution in [2.45, 2.75) is 51.9 Å². The molecule has 0 saturated carbocycles. The zero-order valence-corrected chi connectivity index (χ0v) is 14.8. The number of unbranched alkanes of at least 4 members (excludes halogenated alkanes) is 6. The molecule has 6 heteroatoms. The predicted octanol–water partition coefficient (Wildman–Crippen LogP) is 3.97. The van der Waals surface area contributed by atoms with E-state index in [0.29, 0.717) is 6.42 Å². The topological polar surface area (TPSA) is 72.5 Å². The number of benzene rings is 1. The van der Waals surface area contributed by atoms with Crippen LogP contribution in [0.4, 0.5) is 5.69 Å². The fourth-order valence-electron chi connectivity index (χ4n) is 2.33. The van der Waals surface area contributed by atoms with E-state index in [9.17, 15) is 13.2 Å². The van der Waals surface area contributed by atoms with Gasteiger partial charge in [-0.3, -0.25) is 4.72 Å². The second-order valence-electron chi connectivity index (χ2n) is 5.58. The minimum absolute atomic E-state index is 0.0658. The van der Waals surface area contributed by atoms with Gasteiger partial charge in [0.1, 0.15) is 0 Å². The number of rotatable bonds is 11. The van der Waals surface area contributed by atoms with Crippen molar-refractivity contribution in [3.05, 3.63) is 29.8 Å². The molecular formula is C17H27NO4S. The Bertz CT molecular complexity index is 584. The van der Waals surface area contributed by atoms with Gasteiger partial charge in [-0.05, 0) is 18.6 Å². The molecule has 0 spiro atoms. The molecule has 23 heavy (non-hydrogen) atoms. The molecule has 0 aromatic heterocycles. The Balaban J connectivity index is 2.48. The van der Waals surface area contributed by atoms with Crippen molar-refractivity contribution in [2.75, 3.05) is 17.6 Å². The summed E-state index contributed by atoms with van der Waals surface area (Å²) in [6, 6.07) is 6.45. The number of hydrogen-bond acceptors (Lipinski definition) is 4. The number of hydrogen-bond donors (Lipinski definition) is 1. The molecule has 0 atom stereocenters. The van der Waals surface area contributed by atoms with Crippen LogP contribution in [0.2, 0.25) is 0 Å². The van der Waals surface area contributed by atoms with E-state index in [0.717, 1.165) is 19.3 Å². The van der Waals surface area contributed by atoms with E-state index in [1.165, 1.54) is 32.4 Å². The Morgan fingerprint density at radius 2 is 1.65 bits per heavy atom. The van der Waals surface area contributed by atoms with Crippen LogP contribution in [0.3, 0.4) is 0 Å². The van der Waals surface area contributed by atoms with E-state index in [1.807, 2.05) is 0 Å². The summed E-state index contributed by atoms with van der Waals surface area (Å²) in [4.78, 5) is 11.6. The van der Waals surface area contributed by atoms with Gasteiger partial charge < -0.3 is 4.74 Å². The molecule has 0 amide bonds. The zero-order valence-electron chi connectivity index (χ0n) is 14.0. The molecule has 0 bridgehead atoms. The SMILES string of the molecule is CCCCCCCCCS(=O)(=O)Nc1ccccc1C(=O)OC. The average Bonchev–Trinajstić information content (AvgIpc) is 2.53.